The first kappa shape index (κ1) is 6.13. The van der Waals surface area contributed by atoms with E-state index in [0.717, 1.165) is 12.8 Å². The fourth-order valence-corrected chi connectivity index (χ4v) is 1.94. The largest absolute Gasteiger partial charge is 0.392 e. The standard InChI is InChI=1S/C6H9BrO2/c7-3-1-5-6(9-5)2-4(3)8/h3-6,8H,1-2H2/t3-,4-,5-,6+/m1/s1. The Morgan fingerprint density at radius 3 is 2.67 bits per heavy atom. The Hall–Kier alpha value is 0.400. The zero-order valence-electron chi connectivity index (χ0n) is 4.96. The maximum atomic E-state index is 9.25. The maximum Gasteiger partial charge on any atom is 0.0867 e. The summed E-state index contributed by atoms with van der Waals surface area (Å²) in [5.74, 6) is 0. The van der Waals surface area contributed by atoms with Crippen LogP contribution in [0, 0.1) is 0 Å². The van der Waals surface area contributed by atoms with Crippen LogP contribution < -0.4 is 0 Å². The molecule has 1 saturated heterocycles. The van der Waals surface area contributed by atoms with E-state index in [1.54, 1.807) is 0 Å². The highest BCUT2D eigenvalue weighted by Crippen LogP contribution is 2.39. The maximum absolute atomic E-state index is 9.25. The van der Waals surface area contributed by atoms with Gasteiger partial charge in [0.05, 0.1) is 18.3 Å². The van der Waals surface area contributed by atoms with Crippen molar-refractivity contribution >= 4 is 15.9 Å². The van der Waals surface area contributed by atoms with Gasteiger partial charge in [0.1, 0.15) is 0 Å². The van der Waals surface area contributed by atoms with E-state index in [0.29, 0.717) is 12.2 Å². The first-order valence-electron chi connectivity index (χ1n) is 3.25. The molecule has 0 bridgehead atoms. The van der Waals surface area contributed by atoms with Crippen molar-refractivity contribution in [2.24, 2.45) is 0 Å². The summed E-state index contributed by atoms with van der Waals surface area (Å²) in [6, 6.07) is 0. The van der Waals surface area contributed by atoms with Crippen molar-refractivity contribution in [3.8, 4) is 0 Å². The van der Waals surface area contributed by atoms with Crippen LogP contribution in [0.3, 0.4) is 0 Å². The average molecular weight is 193 g/mol. The number of aliphatic hydroxyl groups excluding tert-OH is 1. The van der Waals surface area contributed by atoms with Crippen molar-refractivity contribution in [1.29, 1.82) is 0 Å². The van der Waals surface area contributed by atoms with E-state index in [-0.39, 0.29) is 10.9 Å². The zero-order chi connectivity index (χ0) is 6.43. The smallest absolute Gasteiger partial charge is 0.0867 e. The van der Waals surface area contributed by atoms with Crippen LogP contribution in [0.1, 0.15) is 12.8 Å². The molecule has 1 saturated carbocycles. The van der Waals surface area contributed by atoms with Gasteiger partial charge in [-0.1, -0.05) is 15.9 Å². The van der Waals surface area contributed by atoms with E-state index in [1.807, 2.05) is 0 Å². The van der Waals surface area contributed by atoms with E-state index in [4.69, 9.17) is 4.74 Å². The number of hydrogen-bond acceptors (Lipinski definition) is 2. The molecule has 0 aromatic carbocycles. The molecule has 4 atom stereocenters. The van der Waals surface area contributed by atoms with Gasteiger partial charge in [0.25, 0.3) is 0 Å². The molecule has 1 aliphatic carbocycles. The summed E-state index contributed by atoms with van der Waals surface area (Å²) in [5, 5.41) is 9.25. The predicted molar refractivity (Wildman–Crippen MR) is 36.6 cm³/mol. The second kappa shape index (κ2) is 1.94. The fourth-order valence-electron chi connectivity index (χ4n) is 1.36. The molecule has 1 N–H and O–H groups in total. The zero-order valence-corrected chi connectivity index (χ0v) is 6.54. The number of ether oxygens (including phenoxy) is 1. The van der Waals surface area contributed by atoms with Crippen LogP contribution in [0.25, 0.3) is 0 Å². The van der Waals surface area contributed by atoms with E-state index in [9.17, 15) is 5.11 Å². The Kier molecular flexibility index (Phi) is 1.32. The molecule has 0 aromatic heterocycles. The highest BCUT2D eigenvalue weighted by molar-refractivity contribution is 9.09. The van der Waals surface area contributed by atoms with Gasteiger partial charge in [-0.05, 0) is 6.42 Å². The molecule has 0 amide bonds. The lowest BCUT2D eigenvalue weighted by Gasteiger charge is -2.18. The number of epoxide rings is 1. The van der Waals surface area contributed by atoms with Gasteiger partial charge in [-0.15, -0.1) is 0 Å². The van der Waals surface area contributed by atoms with Crippen molar-refractivity contribution in [1.82, 2.24) is 0 Å². The summed E-state index contributed by atoms with van der Waals surface area (Å²) in [6.07, 6.45) is 2.45. The predicted octanol–water partition coefficient (Wildman–Crippen LogP) is 0.672. The van der Waals surface area contributed by atoms with Crippen molar-refractivity contribution in [2.45, 2.75) is 36.0 Å². The summed E-state index contributed by atoms with van der Waals surface area (Å²) in [4.78, 5) is 0.265. The van der Waals surface area contributed by atoms with E-state index in [2.05, 4.69) is 15.9 Å². The van der Waals surface area contributed by atoms with Crippen molar-refractivity contribution < 1.29 is 9.84 Å². The van der Waals surface area contributed by atoms with E-state index in [1.165, 1.54) is 0 Å². The number of halogens is 1. The van der Waals surface area contributed by atoms with Gasteiger partial charge in [0.2, 0.25) is 0 Å². The monoisotopic (exact) mass is 192 g/mol. The lowest BCUT2D eigenvalue weighted by molar-refractivity contribution is 0.147. The molecule has 2 fully saturated rings. The van der Waals surface area contributed by atoms with Crippen molar-refractivity contribution in [3.63, 3.8) is 0 Å². The topological polar surface area (TPSA) is 32.8 Å². The molecular formula is C6H9BrO2. The minimum atomic E-state index is -0.186. The lowest BCUT2D eigenvalue weighted by Crippen LogP contribution is -2.28. The average Bonchev–Trinajstić information content (AvgIpc) is 2.46. The number of hydrogen-bond donors (Lipinski definition) is 1. The van der Waals surface area contributed by atoms with Gasteiger partial charge < -0.3 is 9.84 Å². The minimum Gasteiger partial charge on any atom is -0.392 e. The van der Waals surface area contributed by atoms with Crippen LogP contribution in [0.5, 0.6) is 0 Å². The third kappa shape index (κ3) is 1.02. The van der Waals surface area contributed by atoms with Crippen LogP contribution >= 0.6 is 15.9 Å². The SMILES string of the molecule is O[C@@H]1C[C@@H]2O[C@@H]2C[C@H]1Br. The van der Waals surface area contributed by atoms with Crippen molar-refractivity contribution in [2.75, 3.05) is 0 Å². The Morgan fingerprint density at radius 2 is 2.00 bits per heavy atom. The third-order valence-electron chi connectivity index (χ3n) is 2.04. The molecule has 1 heterocycles. The number of alkyl halides is 1. The summed E-state index contributed by atoms with van der Waals surface area (Å²) >= 11 is 3.39. The van der Waals surface area contributed by atoms with Gasteiger partial charge >= 0.3 is 0 Å². The Bertz CT molecular complexity index is 114. The number of rotatable bonds is 0. The molecule has 0 spiro atoms. The Labute approximate surface area is 62.3 Å². The second-order valence-corrected chi connectivity index (χ2v) is 3.94. The molecule has 2 nitrogen and oxygen atoms in total. The van der Waals surface area contributed by atoms with Gasteiger partial charge in [-0.3, -0.25) is 0 Å². The van der Waals surface area contributed by atoms with Gasteiger partial charge in [0.15, 0.2) is 0 Å². The summed E-state index contributed by atoms with van der Waals surface area (Å²) in [6.45, 7) is 0. The molecular weight excluding hydrogens is 184 g/mol. The number of aliphatic hydroxyl groups is 1. The number of fused-ring (bicyclic) bond motifs is 1. The molecule has 0 unspecified atom stereocenters. The summed E-state index contributed by atoms with van der Waals surface area (Å²) in [7, 11) is 0. The molecule has 2 rings (SSSR count). The van der Waals surface area contributed by atoms with Crippen molar-refractivity contribution in [3.05, 3.63) is 0 Å². The normalized spacial score (nSPS) is 56.7. The molecule has 0 radical (unpaired) electrons. The Balaban J connectivity index is 1.98. The van der Waals surface area contributed by atoms with Crippen LogP contribution in [0.15, 0.2) is 0 Å². The van der Waals surface area contributed by atoms with Crippen LogP contribution in [0.2, 0.25) is 0 Å². The first-order chi connectivity index (χ1) is 4.27. The highest BCUT2D eigenvalue weighted by Gasteiger charge is 2.47. The molecule has 9 heavy (non-hydrogen) atoms. The molecule has 52 valence electrons. The Morgan fingerprint density at radius 1 is 1.33 bits per heavy atom. The molecule has 0 aromatic rings. The van der Waals surface area contributed by atoms with Gasteiger partial charge in [-0.2, -0.15) is 0 Å². The van der Waals surface area contributed by atoms with Crippen LogP contribution in [-0.2, 0) is 4.74 Å². The van der Waals surface area contributed by atoms with Crippen LogP contribution in [0.4, 0.5) is 0 Å². The van der Waals surface area contributed by atoms with Gasteiger partial charge in [-0.25, -0.2) is 0 Å². The van der Waals surface area contributed by atoms with E-state index < -0.39 is 0 Å². The quantitative estimate of drug-likeness (QED) is 0.453. The molecule has 1 aliphatic heterocycles. The minimum absolute atomic E-state index is 0.186. The van der Waals surface area contributed by atoms with Gasteiger partial charge in [0, 0.05) is 11.2 Å². The second-order valence-electron chi connectivity index (χ2n) is 2.77. The lowest BCUT2D eigenvalue weighted by atomic mass is 9.98. The molecule has 2 aliphatic rings. The summed E-state index contributed by atoms with van der Waals surface area (Å²) in [5.41, 5.74) is 0. The third-order valence-corrected chi connectivity index (χ3v) is 3.02. The summed E-state index contributed by atoms with van der Waals surface area (Å²) < 4.78 is 5.23. The molecule has 3 heteroatoms. The highest BCUT2D eigenvalue weighted by atomic mass is 79.9. The van der Waals surface area contributed by atoms with Crippen LogP contribution in [-0.4, -0.2) is 28.2 Å². The first-order valence-corrected chi connectivity index (χ1v) is 4.16. The van der Waals surface area contributed by atoms with E-state index >= 15 is 0 Å². The fraction of sp³-hybridized carbons (Fsp3) is 1.00.